The first-order valence-electron chi connectivity index (χ1n) is 7.97. The highest BCUT2D eigenvalue weighted by molar-refractivity contribution is 9.10. The van der Waals surface area contributed by atoms with Gasteiger partial charge in [0.1, 0.15) is 0 Å². The number of benzene rings is 1. The average Bonchev–Trinajstić information content (AvgIpc) is 2.49. The van der Waals surface area contributed by atoms with Crippen LogP contribution in [0.15, 0.2) is 28.7 Å². The predicted molar refractivity (Wildman–Crippen MR) is 89.3 cm³/mol. The van der Waals surface area contributed by atoms with Gasteiger partial charge in [0.15, 0.2) is 0 Å². The van der Waals surface area contributed by atoms with Crippen molar-refractivity contribution in [2.24, 2.45) is 5.92 Å². The Hall–Kier alpha value is -0.540. The predicted octanol–water partition coefficient (Wildman–Crippen LogP) is 4.15. The number of likely N-dealkylation sites (tertiary alicyclic amines) is 1. The van der Waals surface area contributed by atoms with E-state index in [4.69, 9.17) is 0 Å². The second kappa shape index (κ2) is 6.48. The molecule has 0 unspecified atom stereocenters. The van der Waals surface area contributed by atoms with Gasteiger partial charge in [-0.05, 0) is 69.0 Å². The molecule has 2 saturated heterocycles. The molecule has 1 atom stereocenters. The summed E-state index contributed by atoms with van der Waals surface area (Å²) in [6, 6.07) is 9.55. The molecule has 0 N–H and O–H groups in total. The maximum absolute atomic E-state index is 3.52. The van der Waals surface area contributed by atoms with Gasteiger partial charge in [0, 0.05) is 29.3 Å². The molecule has 0 amide bonds. The van der Waals surface area contributed by atoms with Gasteiger partial charge in [-0.2, -0.15) is 0 Å². The SMILES string of the molecule is CC1CCN([C@@H]2CCCN(c3ccc(Br)cc3)C2)CC1. The molecule has 0 spiro atoms. The summed E-state index contributed by atoms with van der Waals surface area (Å²) in [5, 5.41) is 0. The van der Waals surface area contributed by atoms with Crippen LogP contribution in [0, 0.1) is 5.92 Å². The van der Waals surface area contributed by atoms with Crippen molar-refractivity contribution in [1.82, 2.24) is 4.90 Å². The van der Waals surface area contributed by atoms with E-state index in [-0.39, 0.29) is 0 Å². The Balaban J connectivity index is 1.63. The van der Waals surface area contributed by atoms with Crippen LogP contribution in [0.5, 0.6) is 0 Å². The summed E-state index contributed by atoms with van der Waals surface area (Å²) in [5.74, 6) is 0.928. The average molecular weight is 337 g/mol. The maximum Gasteiger partial charge on any atom is 0.0367 e. The molecule has 2 nitrogen and oxygen atoms in total. The van der Waals surface area contributed by atoms with Crippen LogP contribution in [-0.2, 0) is 0 Å². The van der Waals surface area contributed by atoms with Gasteiger partial charge in [-0.25, -0.2) is 0 Å². The number of halogens is 1. The Morgan fingerprint density at radius 1 is 1.00 bits per heavy atom. The fraction of sp³-hybridized carbons (Fsp3) is 0.647. The quantitative estimate of drug-likeness (QED) is 0.800. The fourth-order valence-electron chi connectivity index (χ4n) is 3.53. The van der Waals surface area contributed by atoms with E-state index >= 15 is 0 Å². The summed E-state index contributed by atoms with van der Waals surface area (Å²) in [7, 11) is 0. The molecule has 0 bridgehead atoms. The lowest BCUT2D eigenvalue weighted by Crippen LogP contribution is -2.50. The second-order valence-electron chi connectivity index (χ2n) is 6.44. The Kier molecular flexibility index (Phi) is 4.67. The Morgan fingerprint density at radius 3 is 2.40 bits per heavy atom. The van der Waals surface area contributed by atoms with Crippen molar-refractivity contribution in [3.05, 3.63) is 28.7 Å². The van der Waals surface area contributed by atoms with E-state index in [0.717, 1.165) is 12.0 Å². The molecule has 1 aromatic rings. The van der Waals surface area contributed by atoms with E-state index in [1.165, 1.54) is 62.0 Å². The molecule has 2 heterocycles. The molecule has 20 heavy (non-hydrogen) atoms. The molecule has 3 rings (SSSR count). The standard InChI is InChI=1S/C17H25BrN2/c1-14-8-11-19(12-9-14)17-3-2-10-20(13-17)16-6-4-15(18)5-7-16/h4-7,14,17H,2-3,8-13H2,1H3/t17-/m1/s1. The van der Waals surface area contributed by atoms with Gasteiger partial charge in [-0.15, -0.1) is 0 Å². The zero-order valence-corrected chi connectivity index (χ0v) is 14.0. The molecule has 110 valence electrons. The van der Waals surface area contributed by atoms with Gasteiger partial charge in [0.25, 0.3) is 0 Å². The Labute approximate surface area is 131 Å². The van der Waals surface area contributed by atoms with Gasteiger partial charge in [-0.3, -0.25) is 4.90 Å². The van der Waals surface area contributed by atoms with Crippen molar-refractivity contribution >= 4 is 21.6 Å². The number of hydrogen-bond donors (Lipinski definition) is 0. The van der Waals surface area contributed by atoms with E-state index in [2.05, 4.69) is 56.9 Å². The van der Waals surface area contributed by atoms with E-state index in [0.29, 0.717) is 0 Å². The largest absolute Gasteiger partial charge is 0.370 e. The number of nitrogens with zero attached hydrogens (tertiary/aromatic N) is 2. The van der Waals surface area contributed by atoms with E-state index < -0.39 is 0 Å². The third-order valence-corrected chi connectivity index (χ3v) is 5.45. The molecular weight excluding hydrogens is 312 g/mol. The summed E-state index contributed by atoms with van der Waals surface area (Å²) >= 11 is 3.52. The van der Waals surface area contributed by atoms with Gasteiger partial charge in [-0.1, -0.05) is 22.9 Å². The van der Waals surface area contributed by atoms with Crippen LogP contribution in [0.3, 0.4) is 0 Å². The molecule has 0 saturated carbocycles. The molecule has 1 aromatic carbocycles. The molecule has 0 aromatic heterocycles. The highest BCUT2D eigenvalue weighted by atomic mass is 79.9. The van der Waals surface area contributed by atoms with Gasteiger partial charge < -0.3 is 4.90 Å². The molecule has 3 heteroatoms. The van der Waals surface area contributed by atoms with Gasteiger partial charge >= 0.3 is 0 Å². The van der Waals surface area contributed by atoms with E-state index in [1.54, 1.807) is 0 Å². The molecule has 2 fully saturated rings. The van der Waals surface area contributed by atoms with Crippen LogP contribution in [0.4, 0.5) is 5.69 Å². The molecular formula is C17H25BrN2. The minimum absolute atomic E-state index is 0.764. The number of hydrogen-bond acceptors (Lipinski definition) is 2. The lowest BCUT2D eigenvalue weighted by molar-refractivity contribution is 0.125. The second-order valence-corrected chi connectivity index (χ2v) is 7.35. The van der Waals surface area contributed by atoms with E-state index in [9.17, 15) is 0 Å². The monoisotopic (exact) mass is 336 g/mol. The molecule has 0 radical (unpaired) electrons. The van der Waals surface area contributed by atoms with Crippen molar-refractivity contribution < 1.29 is 0 Å². The minimum Gasteiger partial charge on any atom is -0.370 e. The summed E-state index contributed by atoms with van der Waals surface area (Å²) in [6.07, 6.45) is 5.47. The first-order valence-corrected chi connectivity index (χ1v) is 8.76. The van der Waals surface area contributed by atoms with Crippen LogP contribution in [0.25, 0.3) is 0 Å². The fourth-order valence-corrected chi connectivity index (χ4v) is 3.80. The summed E-state index contributed by atoms with van der Waals surface area (Å²) in [4.78, 5) is 5.31. The van der Waals surface area contributed by atoms with Crippen LogP contribution < -0.4 is 4.90 Å². The third-order valence-electron chi connectivity index (χ3n) is 4.92. The minimum atomic E-state index is 0.764. The van der Waals surface area contributed by atoms with Crippen LogP contribution in [-0.4, -0.2) is 37.1 Å². The van der Waals surface area contributed by atoms with Crippen LogP contribution >= 0.6 is 15.9 Å². The number of rotatable bonds is 2. The molecule has 2 aliphatic rings. The molecule has 2 aliphatic heterocycles. The lowest BCUT2D eigenvalue weighted by Gasteiger charge is -2.42. The van der Waals surface area contributed by atoms with Crippen LogP contribution in [0.2, 0.25) is 0 Å². The topological polar surface area (TPSA) is 6.48 Å². The third kappa shape index (κ3) is 3.37. The first-order chi connectivity index (χ1) is 9.72. The van der Waals surface area contributed by atoms with E-state index in [1.807, 2.05) is 0 Å². The lowest BCUT2D eigenvalue weighted by atomic mass is 9.95. The van der Waals surface area contributed by atoms with Gasteiger partial charge in [0.05, 0.1) is 0 Å². The summed E-state index contributed by atoms with van der Waals surface area (Å²) in [5.41, 5.74) is 1.38. The highest BCUT2D eigenvalue weighted by Crippen LogP contribution is 2.26. The van der Waals surface area contributed by atoms with Gasteiger partial charge in [0.2, 0.25) is 0 Å². The van der Waals surface area contributed by atoms with Crippen molar-refractivity contribution in [2.75, 3.05) is 31.1 Å². The number of piperidine rings is 2. The van der Waals surface area contributed by atoms with Crippen molar-refractivity contribution in [3.8, 4) is 0 Å². The Morgan fingerprint density at radius 2 is 1.70 bits per heavy atom. The smallest absolute Gasteiger partial charge is 0.0367 e. The first kappa shape index (κ1) is 14.4. The zero-order valence-electron chi connectivity index (χ0n) is 12.4. The molecule has 0 aliphatic carbocycles. The van der Waals surface area contributed by atoms with Crippen molar-refractivity contribution in [1.29, 1.82) is 0 Å². The summed E-state index contributed by atoms with van der Waals surface area (Å²) in [6.45, 7) is 7.42. The maximum atomic E-state index is 3.52. The Bertz CT molecular complexity index is 423. The number of anilines is 1. The zero-order chi connectivity index (χ0) is 13.9. The van der Waals surface area contributed by atoms with Crippen LogP contribution in [0.1, 0.15) is 32.6 Å². The summed E-state index contributed by atoms with van der Waals surface area (Å²) < 4.78 is 1.17. The highest BCUT2D eigenvalue weighted by Gasteiger charge is 2.27. The normalized spacial score (nSPS) is 25.9. The van der Waals surface area contributed by atoms with Crippen molar-refractivity contribution in [3.63, 3.8) is 0 Å². The van der Waals surface area contributed by atoms with Crippen molar-refractivity contribution in [2.45, 2.75) is 38.6 Å².